The van der Waals surface area contributed by atoms with E-state index in [0.717, 1.165) is 30.6 Å². The highest BCUT2D eigenvalue weighted by Gasteiger charge is 2.03. The summed E-state index contributed by atoms with van der Waals surface area (Å²) in [5.74, 6) is 0.693. The van der Waals surface area contributed by atoms with Crippen molar-refractivity contribution in [3.05, 3.63) is 23.4 Å². The molecule has 0 bridgehead atoms. The van der Waals surface area contributed by atoms with E-state index in [1.807, 2.05) is 20.2 Å². The summed E-state index contributed by atoms with van der Waals surface area (Å²) in [6.45, 7) is 4.21. The number of likely N-dealkylation sites (N-methyl/N-ethyl adjacent to an activating group) is 1. The van der Waals surface area contributed by atoms with Gasteiger partial charge in [0.2, 0.25) is 5.88 Å². The lowest BCUT2D eigenvalue weighted by Crippen LogP contribution is -2.19. The lowest BCUT2D eigenvalue weighted by Gasteiger charge is -2.12. The molecule has 0 aliphatic carbocycles. The quantitative estimate of drug-likeness (QED) is 0.779. The van der Waals surface area contributed by atoms with Gasteiger partial charge in [-0.05, 0) is 32.1 Å². The van der Waals surface area contributed by atoms with E-state index in [1.165, 1.54) is 0 Å². The number of aromatic nitrogens is 1. The average Bonchev–Trinajstić information content (AvgIpc) is 2.28. The lowest BCUT2D eigenvalue weighted by atomic mass is 10.1. The largest absolute Gasteiger partial charge is 0.476 e. The molecule has 0 aliphatic heterocycles. The number of hydrogen-bond acceptors (Lipinski definition) is 4. The number of aryl methyl sites for hydroxylation is 1. The van der Waals surface area contributed by atoms with Gasteiger partial charge in [-0.2, -0.15) is 0 Å². The fourth-order valence-electron chi connectivity index (χ4n) is 1.53. The second kappa shape index (κ2) is 7.25. The van der Waals surface area contributed by atoms with Gasteiger partial charge < -0.3 is 15.4 Å². The zero-order valence-corrected chi connectivity index (χ0v) is 11.1. The molecular formula is C13H23N3O. The molecule has 1 heterocycles. The molecule has 96 valence electrons. The Morgan fingerprint density at radius 1 is 1.35 bits per heavy atom. The van der Waals surface area contributed by atoms with Crippen LogP contribution in [0.15, 0.2) is 12.1 Å². The predicted molar refractivity (Wildman–Crippen MR) is 70.2 cm³/mol. The molecule has 4 nitrogen and oxygen atoms in total. The average molecular weight is 237 g/mol. The first kappa shape index (κ1) is 13.9. The fraction of sp³-hybridized carbons (Fsp3) is 0.615. The third kappa shape index (κ3) is 5.15. The van der Waals surface area contributed by atoms with E-state index < -0.39 is 0 Å². The van der Waals surface area contributed by atoms with E-state index in [2.05, 4.69) is 22.9 Å². The van der Waals surface area contributed by atoms with Crippen LogP contribution in [0, 0.1) is 0 Å². The van der Waals surface area contributed by atoms with Crippen LogP contribution in [0.4, 0.5) is 0 Å². The number of nitrogens with two attached hydrogens (primary N) is 1. The molecule has 0 atom stereocenters. The summed E-state index contributed by atoms with van der Waals surface area (Å²) >= 11 is 0. The molecule has 0 fully saturated rings. The molecule has 0 unspecified atom stereocenters. The van der Waals surface area contributed by atoms with Crippen LogP contribution in [0.3, 0.4) is 0 Å². The minimum Gasteiger partial charge on any atom is -0.476 e. The SMILES string of the molecule is CCCc1cc(CN)cc(OCCN(C)C)n1. The Bertz CT molecular complexity index is 339. The summed E-state index contributed by atoms with van der Waals surface area (Å²) in [5, 5.41) is 0. The van der Waals surface area contributed by atoms with Gasteiger partial charge in [0.05, 0.1) is 0 Å². The van der Waals surface area contributed by atoms with E-state index in [1.54, 1.807) is 0 Å². The number of rotatable bonds is 7. The van der Waals surface area contributed by atoms with Crippen LogP contribution >= 0.6 is 0 Å². The number of nitrogens with zero attached hydrogens (tertiary/aromatic N) is 2. The molecule has 2 N–H and O–H groups in total. The maximum atomic E-state index is 5.67. The Labute approximate surface area is 104 Å². The van der Waals surface area contributed by atoms with Crippen molar-refractivity contribution < 1.29 is 4.74 Å². The van der Waals surface area contributed by atoms with Crippen LogP contribution in [0.5, 0.6) is 5.88 Å². The van der Waals surface area contributed by atoms with Gasteiger partial charge in [-0.25, -0.2) is 4.98 Å². The van der Waals surface area contributed by atoms with Gasteiger partial charge in [-0.15, -0.1) is 0 Å². The Kier molecular flexibility index (Phi) is 5.94. The molecule has 0 saturated carbocycles. The van der Waals surface area contributed by atoms with Crippen molar-refractivity contribution in [2.75, 3.05) is 27.2 Å². The normalized spacial score (nSPS) is 10.9. The van der Waals surface area contributed by atoms with Crippen molar-refractivity contribution in [2.45, 2.75) is 26.3 Å². The minimum absolute atomic E-state index is 0.531. The van der Waals surface area contributed by atoms with Gasteiger partial charge in [-0.3, -0.25) is 0 Å². The minimum atomic E-state index is 0.531. The highest BCUT2D eigenvalue weighted by Crippen LogP contribution is 2.13. The zero-order valence-electron chi connectivity index (χ0n) is 11.1. The first-order chi connectivity index (χ1) is 8.15. The predicted octanol–water partition coefficient (Wildman–Crippen LogP) is 1.43. The topological polar surface area (TPSA) is 51.4 Å². The Balaban J connectivity index is 2.66. The van der Waals surface area contributed by atoms with Crippen molar-refractivity contribution in [1.82, 2.24) is 9.88 Å². The monoisotopic (exact) mass is 237 g/mol. The molecule has 17 heavy (non-hydrogen) atoms. The highest BCUT2D eigenvalue weighted by atomic mass is 16.5. The van der Waals surface area contributed by atoms with E-state index in [0.29, 0.717) is 19.0 Å². The molecule has 4 heteroatoms. The van der Waals surface area contributed by atoms with E-state index in [-0.39, 0.29) is 0 Å². The summed E-state index contributed by atoms with van der Waals surface area (Å²) in [7, 11) is 4.05. The molecule has 0 aromatic carbocycles. The Morgan fingerprint density at radius 3 is 2.71 bits per heavy atom. The lowest BCUT2D eigenvalue weighted by molar-refractivity contribution is 0.253. The number of pyridine rings is 1. The van der Waals surface area contributed by atoms with E-state index >= 15 is 0 Å². The number of hydrogen-bond donors (Lipinski definition) is 1. The van der Waals surface area contributed by atoms with Crippen LogP contribution < -0.4 is 10.5 Å². The van der Waals surface area contributed by atoms with E-state index in [4.69, 9.17) is 10.5 Å². The van der Waals surface area contributed by atoms with Crippen molar-refractivity contribution in [1.29, 1.82) is 0 Å². The van der Waals surface area contributed by atoms with Gasteiger partial charge >= 0.3 is 0 Å². The van der Waals surface area contributed by atoms with Crippen molar-refractivity contribution >= 4 is 0 Å². The smallest absolute Gasteiger partial charge is 0.213 e. The highest BCUT2D eigenvalue weighted by molar-refractivity contribution is 5.25. The van der Waals surface area contributed by atoms with Crippen LogP contribution in [-0.4, -0.2) is 37.1 Å². The third-order valence-electron chi connectivity index (χ3n) is 2.44. The van der Waals surface area contributed by atoms with Gasteiger partial charge in [0, 0.05) is 24.8 Å². The molecular weight excluding hydrogens is 214 g/mol. The first-order valence-corrected chi connectivity index (χ1v) is 6.13. The third-order valence-corrected chi connectivity index (χ3v) is 2.44. The molecule has 1 aromatic heterocycles. The number of ether oxygens (including phenoxy) is 1. The maximum Gasteiger partial charge on any atom is 0.213 e. The molecule has 0 amide bonds. The summed E-state index contributed by atoms with van der Waals surface area (Å²) in [6, 6.07) is 3.98. The summed E-state index contributed by atoms with van der Waals surface area (Å²) < 4.78 is 5.64. The molecule has 0 aliphatic rings. The second-order valence-corrected chi connectivity index (χ2v) is 4.41. The molecule has 1 aromatic rings. The summed E-state index contributed by atoms with van der Waals surface area (Å²) in [4.78, 5) is 6.55. The van der Waals surface area contributed by atoms with Gasteiger partial charge in [-0.1, -0.05) is 13.3 Å². The van der Waals surface area contributed by atoms with Gasteiger partial charge in [0.1, 0.15) is 6.61 Å². The first-order valence-electron chi connectivity index (χ1n) is 6.13. The van der Waals surface area contributed by atoms with Crippen molar-refractivity contribution in [2.24, 2.45) is 5.73 Å². The standard InChI is InChI=1S/C13H23N3O/c1-4-5-12-8-11(10-14)9-13(15-12)17-7-6-16(2)3/h8-9H,4-7,10,14H2,1-3H3. The fourth-order valence-corrected chi connectivity index (χ4v) is 1.53. The summed E-state index contributed by atoms with van der Waals surface area (Å²) in [6.07, 6.45) is 2.05. The zero-order chi connectivity index (χ0) is 12.7. The van der Waals surface area contributed by atoms with Crippen molar-refractivity contribution in [3.63, 3.8) is 0 Å². The van der Waals surface area contributed by atoms with Crippen LogP contribution in [0.1, 0.15) is 24.6 Å². The maximum absolute atomic E-state index is 5.67. The Morgan fingerprint density at radius 2 is 2.12 bits per heavy atom. The van der Waals surface area contributed by atoms with E-state index in [9.17, 15) is 0 Å². The second-order valence-electron chi connectivity index (χ2n) is 4.41. The molecule has 0 saturated heterocycles. The Hall–Kier alpha value is -1.13. The van der Waals surface area contributed by atoms with Gasteiger partial charge in [0.15, 0.2) is 0 Å². The molecule has 1 rings (SSSR count). The summed E-state index contributed by atoms with van der Waals surface area (Å²) in [5.41, 5.74) is 7.82. The van der Waals surface area contributed by atoms with Crippen LogP contribution in [0.2, 0.25) is 0 Å². The van der Waals surface area contributed by atoms with Gasteiger partial charge in [0.25, 0.3) is 0 Å². The van der Waals surface area contributed by atoms with Crippen LogP contribution in [0.25, 0.3) is 0 Å². The molecule has 0 radical (unpaired) electrons. The molecule has 0 spiro atoms. The van der Waals surface area contributed by atoms with Crippen LogP contribution in [-0.2, 0) is 13.0 Å². The van der Waals surface area contributed by atoms with Crippen molar-refractivity contribution in [3.8, 4) is 5.88 Å².